The molecule has 1 aliphatic rings. The second-order valence-corrected chi connectivity index (χ2v) is 5.25. The number of halogens is 1. The van der Waals surface area contributed by atoms with Crippen LogP contribution in [0.25, 0.3) is 0 Å². The number of hydrogen-bond acceptors (Lipinski definition) is 2. The zero-order valence-electron chi connectivity index (χ0n) is 10.8. The molecule has 1 fully saturated rings. The van der Waals surface area contributed by atoms with Gasteiger partial charge in [0.1, 0.15) is 5.82 Å². The first-order chi connectivity index (χ1) is 8.58. The van der Waals surface area contributed by atoms with Crippen LogP contribution < -0.4 is 5.73 Å². The first kappa shape index (κ1) is 13.2. The van der Waals surface area contributed by atoms with E-state index < -0.39 is 0 Å². The largest absolute Gasteiger partial charge is 0.327 e. The lowest BCUT2D eigenvalue weighted by atomic mass is 9.92. The van der Waals surface area contributed by atoms with Gasteiger partial charge in [0.05, 0.1) is 0 Å². The van der Waals surface area contributed by atoms with Crippen molar-refractivity contribution in [1.82, 2.24) is 0 Å². The molecule has 1 aromatic carbocycles. The van der Waals surface area contributed by atoms with E-state index in [1.807, 2.05) is 0 Å². The highest BCUT2D eigenvalue weighted by Crippen LogP contribution is 2.28. The van der Waals surface area contributed by atoms with Crippen LogP contribution in [0.5, 0.6) is 0 Å². The van der Waals surface area contributed by atoms with Crippen LogP contribution in [0.2, 0.25) is 0 Å². The van der Waals surface area contributed by atoms with Gasteiger partial charge < -0.3 is 5.73 Å². The molecule has 0 radical (unpaired) electrons. The highest BCUT2D eigenvalue weighted by Gasteiger charge is 2.23. The number of hydrogen-bond donors (Lipinski definition) is 1. The fraction of sp³-hybridized carbons (Fsp3) is 0.533. The molecule has 0 saturated heterocycles. The third kappa shape index (κ3) is 2.96. The molecular formula is C15H20FNO. The van der Waals surface area contributed by atoms with Crippen molar-refractivity contribution < 1.29 is 9.18 Å². The highest BCUT2D eigenvalue weighted by atomic mass is 19.1. The fourth-order valence-electron chi connectivity index (χ4n) is 2.88. The van der Waals surface area contributed by atoms with Crippen molar-refractivity contribution in [2.45, 2.75) is 45.1 Å². The minimum atomic E-state index is -0.272. The Balaban J connectivity index is 2.08. The van der Waals surface area contributed by atoms with E-state index in [9.17, 15) is 9.18 Å². The lowest BCUT2D eigenvalue weighted by Gasteiger charge is -2.16. The summed E-state index contributed by atoms with van der Waals surface area (Å²) in [5, 5.41) is 0. The van der Waals surface area contributed by atoms with Crippen molar-refractivity contribution in [3.63, 3.8) is 0 Å². The first-order valence-electron chi connectivity index (χ1n) is 6.63. The normalized spacial score (nSPS) is 23.3. The number of carbonyl (C=O) groups is 1. The number of aryl methyl sites for hydroxylation is 1. The zero-order valence-corrected chi connectivity index (χ0v) is 10.8. The second-order valence-electron chi connectivity index (χ2n) is 5.25. The highest BCUT2D eigenvalue weighted by molar-refractivity contribution is 5.95. The van der Waals surface area contributed by atoms with Gasteiger partial charge in [0.25, 0.3) is 0 Å². The number of rotatable bonds is 4. The van der Waals surface area contributed by atoms with Crippen LogP contribution in [-0.4, -0.2) is 11.8 Å². The Bertz CT molecular complexity index is 444. The maximum atomic E-state index is 13.3. The second kappa shape index (κ2) is 5.61. The van der Waals surface area contributed by atoms with Crippen LogP contribution in [0.1, 0.15) is 48.5 Å². The number of Topliss-reactive ketones (excluding diaryl/α,β-unsaturated/α-hetero) is 1. The molecule has 1 aliphatic carbocycles. The zero-order chi connectivity index (χ0) is 13.1. The predicted molar refractivity (Wildman–Crippen MR) is 70.0 cm³/mol. The Hall–Kier alpha value is -1.22. The van der Waals surface area contributed by atoms with Crippen molar-refractivity contribution in [2.24, 2.45) is 11.7 Å². The minimum Gasteiger partial charge on any atom is -0.327 e. The molecule has 2 atom stereocenters. The van der Waals surface area contributed by atoms with E-state index in [1.54, 1.807) is 6.07 Å². The van der Waals surface area contributed by atoms with Crippen LogP contribution in [0.15, 0.2) is 18.2 Å². The van der Waals surface area contributed by atoms with Crippen molar-refractivity contribution in [2.75, 3.05) is 0 Å². The van der Waals surface area contributed by atoms with Crippen LogP contribution in [0.4, 0.5) is 4.39 Å². The smallest absolute Gasteiger partial charge is 0.160 e. The summed E-state index contributed by atoms with van der Waals surface area (Å²) in [6.45, 7) is 1.53. The van der Waals surface area contributed by atoms with Gasteiger partial charge >= 0.3 is 0 Å². The van der Waals surface area contributed by atoms with E-state index in [0.29, 0.717) is 11.5 Å². The van der Waals surface area contributed by atoms with E-state index >= 15 is 0 Å². The molecule has 3 heteroatoms. The van der Waals surface area contributed by atoms with E-state index in [-0.39, 0.29) is 17.6 Å². The van der Waals surface area contributed by atoms with Crippen LogP contribution >= 0.6 is 0 Å². The molecule has 2 rings (SSSR count). The van der Waals surface area contributed by atoms with Crippen molar-refractivity contribution in [1.29, 1.82) is 0 Å². The van der Waals surface area contributed by atoms with Gasteiger partial charge in [0.2, 0.25) is 0 Å². The van der Waals surface area contributed by atoms with Crippen LogP contribution in [0, 0.1) is 11.7 Å². The molecule has 0 heterocycles. The predicted octanol–water partition coefficient (Wildman–Crippen LogP) is 3.09. The third-order valence-electron chi connectivity index (χ3n) is 3.95. The van der Waals surface area contributed by atoms with Gasteiger partial charge in [-0.3, -0.25) is 4.79 Å². The SMILES string of the molecule is CC(=O)c1ccc(F)cc1CCC1CCC[C@@H]1N. The maximum Gasteiger partial charge on any atom is 0.160 e. The average molecular weight is 249 g/mol. The van der Waals surface area contributed by atoms with Crippen LogP contribution in [0.3, 0.4) is 0 Å². The van der Waals surface area contributed by atoms with E-state index in [0.717, 1.165) is 31.2 Å². The summed E-state index contributed by atoms with van der Waals surface area (Å²) in [4.78, 5) is 11.5. The van der Waals surface area contributed by atoms with Crippen LogP contribution in [-0.2, 0) is 6.42 Å². The van der Waals surface area contributed by atoms with Gasteiger partial charge in [-0.2, -0.15) is 0 Å². The first-order valence-corrected chi connectivity index (χ1v) is 6.63. The van der Waals surface area contributed by atoms with E-state index in [2.05, 4.69) is 0 Å². The Morgan fingerprint density at radius 3 is 2.83 bits per heavy atom. The number of benzene rings is 1. The summed E-state index contributed by atoms with van der Waals surface area (Å²) in [5.41, 5.74) is 7.49. The monoisotopic (exact) mass is 249 g/mol. The van der Waals surface area contributed by atoms with Gasteiger partial charge in [-0.15, -0.1) is 0 Å². The summed E-state index contributed by atoms with van der Waals surface area (Å²) in [6, 6.07) is 4.69. The molecule has 0 amide bonds. The topological polar surface area (TPSA) is 43.1 Å². The number of ketones is 1. The van der Waals surface area contributed by atoms with E-state index in [1.165, 1.54) is 25.5 Å². The maximum absolute atomic E-state index is 13.3. The summed E-state index contributed by atoms with van der Waals surface area (Å²) in [5.74, 6) is 0.250. The summed E-state index contributed by atoms with van der Waals surface area (Å²) in [7, 11) is 0. The molecule has 0 bridgehead atoms. The van der Waals surface area contributed by atoms with Gasteiger partial charge in [-0.25, -0.2) is 4.39 Å². The number of nitrogens with two attached hydrogens (primary N) is 1. The van der Waals surface area contributed by atoms with Gasteiger partial charge in [-0.1, -0.05) is 6.42 Å². The molecule has 0 aromatic heterocycles. The quantitative estimate of drug-likeness (QED) is 0.833. The summed E-state index contributed by atoms with van der Waals surface area (Å²) >= 11 is 0. The molecule has 0 aliphatic heterocycles. The molecule has 18 heavy (non-hydrogen) atoms. The Kier molecular flexibility index (Phi) is 4.12. The van der Waals surface area contributed by atoms with Crippen molar-refractivity contribution in [3.05, 3.63) is 35.1 Å². The lowest BCUT2D eigenvalue weighted by molar-refractivity contribution is 0.101. The molecule has 0 spiro atoms. The van der Waals surface area contributed by atoms with Crippen molar-refractivity contribution >= 4 is 5.78 Å². The molecular weight excluding hydrogens is 229 g/mol. The average Bonchev–Trinajstić information content (AvgIpc) is 2.72. The molecule has 2 nitrogen and oxygen atoms in total. The van der Waals surface area contributed by atoms with Gasteiger partial charge in [-0.05, 0) is 62.3 Å². The van der Waals surface area contributed by atoms with Gasteiger partial charge in [0.15, 0.2) is 5.78 Å². The van der Waals surface area contributed by atoms with Crippen molar-refractivity contribution in [3.8, 4) is 0 Å². The Morgan fingerprint density at radius 1 is 1.44 bits per heavy atom. The summed E-state index contributed by atoms with van der Waals surface area (Å²) in [6.07, 6.45) is 5.13. The molecule has 98 valence electrons. The minimum absolute atomic E-state index is 0.000667. The van der Waals surface area contributed by atoms with Gasteiger partial charge in [0, 0.05) is 11.6 Å². The molecule has 1 aromatic rings. The molecule has 1 unspecified atom stereocenters. The third-order valence-corrected chi connectivity index (χ3v) is 3.95. The summed E-state index contributed by atoms with van der Waals surface area (Å²) < 4.78 is 13.3. The molecule has 1 saturated carbocycles. The lowest BCUT2D eigenvalue weighted by Crippen LogP contribution is -2.24. The molecule has 2 N–H and O–H groups in total. The fourth-order valence-corrected chi connectivity index (χ4v) is 2.88. The van der Waals surface area contributed by atoms with E-state index in [4.69, 9.17) is 5.73 Å². The number of carbonyl (C=O) groups excluding carboxylic acids is 1. The Labute approximate surface area is 107 Å². The standard InChI is InChI=1S/C15H20FNO/c1-10(18)14-8-7-13(16)9-12(14)6-5-11-3-2-4-15(11)17/h7-9,11,15H,2-6,17H2,1H3/t11?,15-/m0/s1. The Morgan fingerprint density at radius 2 is 2.22 bits per heavy atom.